The van der Waals surface area contributed by atoms with Gasteiger partial charge in [0.15, 0.2) is 0 Å². The molecular weight excluding hydrogens is 258 g/mol. The third-order valence-electron chi connectivity index (χ3n) is 2.34. The average molecular weight is 272 g/mol. The Morgan fingerprint density at radius 1 is 1.53 bits per heavy atom. The lowest BCUT2D eigenvalue weighted by Crippen LogP contribution is -2.17. The maximum atomic E-state index is 11.1. The Balaban J connectivity index is 3.12. The molecule has 0 amide bonds. The summed E-state index contributed by atoms with van der Waals surface area (Å²) in [6.07, 6.45) is 1.64. The van der Waals surface area contributed by atoms with Crippen molar-refractivity contribution >= 4 is 21.9 Å². The largest absolute Gasteiger partial charge is 0.481 e. The van der Waals surface area contributed by atoms with E-state index >= 15 is 0 Å². The Kier molecular flexibility index (Phi) is 3.85. The Bertz CT molecular complexity index is 377. The molecule has 0 saturated carbocycles. The van der Waals surface area contributed by atoms with Crippen LogP contribution in [0.2, 0.25) is 0 Å². The molecule has 1 aromatic heterocycles. The molecule has 1 rings (SSSR count). The number of carboxylic acid groups (broad SMARTS) is 1. The normalized spacial score (nSPS) is 12.9. The molecule has 0 aliphatic heterocycles. The van der Waals surface area contributed by atoms with E-state index in [1.807, 2.05) is 26.8 Å². The Hall–Kier alpha value is -0.900. The zero-order valence-corrected chi connectivity index (χ0v) is 10.6. The number of nitrogens with zero attached hydrogens (tertiary/aromatic N) is 1. The molecule has 3 nitrogen and oxygen atoms in total. The van der Waals surface area contributed by atoms with E-state index in [0.29, 0.717) is 0 Å². The van der Waals surface area contributed by atoms with E-state index in [1.54, 1.807) is 6.20 Å². The summed E-state index contributed by atoms with van der Waals surface area (Å²) in [7, 11) is 0. The fourth-order valence-corrected chi connectivity index (χ4v) is 1.87. The molecule has 0 spiro atoms. The van der Waals surface area contributed by atoms with E-state index in [0.717, 1.165) is 15.7 Å². The third-order valence-corrected chi connectivity index (χ3v) is 3.14. The first kappa shape index (κ1) is 12.2. The maximum absolute atomic E-state index is 11.1. The maximum Gasteiger partial charge on any atom is 0.311 e. The molecule has 1 heterocycles. The van der Waals surface area contributed by atoms with E-state index < -0.39 is 11.9 Å². The van der Waals surface area contributed by atoms with Crippen LogP contribution in [-0.4, -0.2) is 16.1 Å². The molecule has 1 atom stereocenters. The molecule has 1 unspecified atom stereocenters. The van der Waals surface area contributed by atoms with Gasteiger partial charge in [-0.1, -0.05) is 13.8 Å². The van der Waals surface area contributed by atoms with Crippen molar-refractivity contribution in [1.29, 1.82) is 0 Å². The van der Waals surface area contributed by atoms with Gasteiger partial charge in [0.05, 0.1) is 11.6 Å². The van der Waals surface area contributed by atoms with Gasteiger partial charge in [0.2, 0.25) is 0 Å². The van der Waals surface area contributed by atoms with Crippen LogP contribution >= 0.6 is 15.9 Å². The van der Waals surface area contributed by atoms with Crippen LogP contribution in [0, 0.1) is 12.8 Å². The van der Waals surface area contributed by atoms with Crippen molar-refractivity contribution in [1.82, 2.24) is 4.98 Å². The monoisotopic (exact) mass is 271 g/mol. The summed E-state index contributed by atoms with van der Waals surface area (Å²) in [4.78, 5) is 15.2. The number of rotatable bonds is 3. The molecule has 0 aliphatic rings. The summed E-state index contributed by atoms with van der Waals surface area (Å²) in [6, 6.07) is 1.83. The molecule has 0 bridgehead atoms. The summed E-state index contributed by atoms with van der Waals surface area (Å²) >= 11 is 3.36. The number of aromatic nitrogens is 1. The van der Waals surface area contributed by atoms with Gasteiger partial charge in [-0.15, -0.1) is 0 Å². The number of pyridine rings is 1. The predicted octanol–water partition coefficient (Wildman–Crippen LogP) is 2.98. The first-order valence-electron chi connectivity index (χ1n) is 4.78. The second-order valence-corrected chi connectivity index (χ2v) is 4.75. The number of aryl methyl sites for hydroxylation is 1. The SMILES string of the molecule is Cc1ncc(C(C(=O)O)C(C)C)cc1Br. The molecule has 0 fully saturated rings. The molecular formula is C11H14BrNO2. The van der Waals surface area contributed by atoms with Gasteiger partial charge < -0.3 is 5.11 Å². The fraction of sp³-hybridized carbons (Fsp3) is 0.455. The fourth-order valence-electron chi connectivity index (χ4n) is 1.50. The van der Waals surface area contributed by atoms with Crippen LogP contribution in [0.25, 0.3) is 0 Å². The smallest absolute Gasteiger partial charge is 0.311 e. The van der Waals surface area contributed by atoms with Crippen LogP contribution in [0.1, 0.15) is 31.0 Å². The molecule has 0 saturated heterocycles. The van der Waals surface area contributed by atoms with Crippen molar-refractivity contribution in [3.8, 4) is 0 Å². The second kappa shape index (κ2) is 4.75. The van der Waals surface area contributed by atoms with Crippen molar-refractivity contribution in [3.05, 3.63) is 28.0 Å². The van der Waals surface area contributed by atoms with Gasteiger partial charge in [-0.25, -0.2) is 0 Å². The van der Waals surface area contributed by atoms with Crippen molar-refractivity contribution < 1.29 is 9.90 Å². The average Bonchev–Trinajstić information content (AvgIpc) is 2.10. The van der Waals surface area contributed by atoms with Gasteiger partial charge in [-0.05, 0) is 40.4 Å². The number of aliphatic carboxylic acids is 1. The standard InChI is InChI=1S/C11H14BrNO2/c1-6(2)10(11(14)15)8-4-9(12)7(3)13-5-8/h4-6,10H,1-3H3,(H,14,15). The second-order valence-electron chi connectivity index (χ2n) is 3.90. The number of carboxylic acids is 1. The highest BCUT2D eigenvalue weighted by Gasteiger charge is 2.24. The third kappa shape index (κ3) is 2.78. The van der Waals surface area contributed by atoms with Gasteiger partial charge in [0, 0.05) is 10.7 Å². The molecule has 0 aliphatic carbocycles. The highest BCUT2D eigenvalue weighted by molar-refractivity contribution is 9.10. The first-order chi connectivity index (χ1) is 6.93. The number of carbonyl (C=O) groups is 1. The number of hydrogen-bond acceptors (Lipinski definition) is 2. The molecule has 4 heteroatoms. The molecule has 15 heavy (non-hydrogen) atoms. The van der Waals surface area contributed by atoms with Crippen molar-refractivity contribution in [2.45, 2.75) is 26.7 Å². The highest BCUT2D eigenvalue weighted by atomic mass is 79.9. The van der Waals surface area contributed by atoms with Crippen LogP contribution < -0.4 is 0 Å². The minimum atomic E-state index is -0.803. The van der Waals surface area contributed by atoms with Crippen molar-refractivity contribution in [2.75, 3.05) is 0 Å². The minimum absolute atomic E-state index is 0.0545. The lowest BCUT2D eigenvalue weighted by Gasteiger charge is -2.16. The van der Waals surface area contributed by atoms with Gasteiger partial charge in [-0.3, -0.25) is 9.78 Å². The quantitative estimate of drug-likeness (QED) is 0.920. The summed E-state index contributed by atoms with van der Waals surface area (Å²) < 4.78 is 0.854. The lowest BCUT2D eigenvalue weighted by molar-refractivity contribution is -0.139. The summed E-state index contributed by atoms with van der Waals surface area (Å²) in [6.45, 7) is 5.66. The summed E-state index contributed by atoms with van der Waals surface area (Å²) in [5, 5.41) is 9.11. The predicted molar refractivity (Wildman–Crippen MR) is 61.9 cm³/mol. The minimum Gasteiger partial charge on any atom is -0.481 e. The van der Waals surface area contributed by atoms with Gasteiger partial charge in [0.25, 0.3) is 0 Å². The first-order valence-corrected chi connectivity index (χ1v) is 5.57. The van der Waals surface area contributed by atoms with Crippen LogP contribution in [-0.2, 0) is 4.79 Å². The Labute approximate surface area is 97.7 Å². The van der Waals surface area contributed by atoms with Crippen molar-refractivity contribution in [3.63, 3.8) is 0 Å². The highest BCUT2D eigenvalue weighted by Crippen LogP contribution is 2.27. The van der Waals surface area contributed by atoms with Gasteiger partial charge in [-0.2, -0.15) is 0 Å². The zero-order valence-electron chi connectivity index (χ0n) is 8.99. The Morgan fingerprint density at radius 2 is 2.13 bits per heavy atom. The van der Waals surface area contributed by atoms with E-state index in [9.17, 15) is 4.79 Å². The van der Waals surface area contributed by atoms with E-state index in [-0.39, 0.29) is 5.92 Å². The summed E-state index contributed by atoms with van der Waals surface area (Å²) in [5.74, 6) is -1.24. The molecule has 1 aromatic rings. The Morgan fingerprint density at radius 3 is 2.53 bits per heavy atom. The van der Waals surface area contributed by atoms with E-state index in [4.69, 9.17) is 5.11 Å². The van der Waals surface area contributed by atoms with Crippen LogP contribution in [0.4, 0.5) is 0 Å². The number of hydrogen-bond donors (Lipinski definition) is 1. The summed E-state index contributed by atoms with van der Waals surface area (Å²) in [5.41, 5.74) is 1.61. The van der Waals surface area contributed by atoms with Crippen LogP contribution in [0.15, 0.2) is 16.7 Å². The molecule has 1 N–H and O–H groups in total. The van der Waals surface area contributed by atoms with E-state index in [1.165, 1.54) is 0 Å². The molecule has 0 radical (unpaired) electrons. The molecule has 0 aromatic carbocycles. The lowest BCUT2D eigenvalue weighted by atomic mass is 9.89. The number of halogens is 1. The van der Waals surface area contributed by atoms with Gasteiger partial charge >= 0.3 is 5.97 Å². The van der Waals surface area contributed by atoms with Crippen molar-refractivity contribution in [2.24, 2.45) is 5.92 Å². The zero-order chi connectivity index (χ0) is 11.6. The van der Waals surface area contributed by atoms with Crippen LogP contribution in [0.3, 0.4) is 0 Å². The topological polar surface area (TPSA) is 50.2 Å². The van der Waals surface area contributed by atoms with Gasteiger partial charge in [0.1, 0.15) is 0 Å². The molecule has 82 valence electrons. The van der Waals surface area contributed by atoms with Crippen LogP contribution in [0.5, 0.6) is 0 Å². The van der Waals surface area contributed by atoms with E-state index in [2.05, 4.69) is 20.9 Å².